The van der Waals surface area contributed by atoms with Gasteiger partial charge in [0, 0.05) is 43.6 Å². The van der Waals surface area contributed by atoms with Gasteiger partial charge < -0.3 is 14.6 Å². The largest absolute Gasteiger partial charge is 0.422 e. The molecule has 1 fully saturated rings. The molecule has 0 radical (unpaired) electrons. The van der Waals surface area contributed by atoms with Crippen LogP contribution in [0.3, 0.4) is 0 Å². The number of nitrogens with zero attached hydrogens (tertiary/aromatic N) is 4. The van der Waals surface area contributed by atoms with Crippen LogP contribution >= 0.6 is 0 Å². The van der Waals surface area contributed by atoms with Crippen molar-refractivity contribution in [2.75, 3.05) is 24.5 Å². The SMILES string of the molecule is Cc1ccc2oc(N3CCC(C(=O)NCCc4cccnc4)CC3)nc2n1. The van der Waals surface area contributed by atoms with E-state index in [1.165, 1.54) is 0 Å². The van der Waals surface area contributed by atoms with Gasteiger partial charge in [-0.2, -0.15) is 4.98 Å². The Morgan fingerprint density at radius 2 is 2.11 bits per heavy atom. The maximum Gasteiger partial charge on any atom is 0.299 e. The van der Waals surface area contributed by atoms with E-state index in [1.807, 2.05) is 37.4 Å². The maximum absolute atomic E-state index is 12.4. The normalized spacial score (nSPS) is 15.2. The van der Waals surface area contributed by atoms with Crippen LogP contribution < -0.4 is 10.2 Å². The van der Waals surface area contributed by atoms with Crippen molar-refractivity contribution in [3.8, 4) is 0 Å². The van der Waals surface area contributed by atoms with Gasteiger partial charge in [-0.3, -0.25) is 9.78 Å². The van der Waals surface area contributed by atoms with Gasteiger partial charge in [-0.1, -0.05) is 6.07 Å². The fourth-order valence-corrected chi connectivity index (χ4v) is 3.39. The first-order valence-corrected chi connectivity index (χ1v) is 9.35. The third-order valence-electron chi connectivity index (χ3n) is 4.95. The van der Waals surface area contributed by atoms with Gasteiger partial charge >= 0.3 is 0 Å². The minimum atomic E-state index is 0.0416. The number of nitrogens with one attached hydrogen (secondary N) is 1. The molecule has 1 amide bonds. The molecule has 0 bridgehead atoms. The Balaban J connectivity index is 1.28. The molecule has 0 atom stereocenters. The summed E-state index contributed by atoms with van der Waals surface area (Å²) in [6.07, 6.45) is 5.98. The fraction of sp³-hybridized carbons (Fsp3) is 0.400. The summed E-state index contributed by atoms with van der Waals surface area (Å²) in [7, 11) is 0. The van der Waals surface area contributed by atoms with E-state index >= 15 is 0 Å². The Labute approximate surface area is 157 Å². The molecule has 0 aliphatic carbocycles. The first-order chi connectivity index (χ1) is 13.2. The van der Waals surface area contributed by atoms with Crippen molar-refractivity contribution in [3.05, 3.63) is 47.9 Å². The highest BCUT2D eigenvalue weighted by molar-refractivity contribution is 5.79. The number of fused-ring (bicyclic) bond motifs is 1. The van der Waals surface area contributed by atoms with Crippen molar-refractivity contribution < 1.29 is 9.21 Å². The van der Waals surface area contributed by atoms with Crippen LogP contribution in [-0.4, -0.2) is 40.5 Å². The predicted octanol–water partition coefficient (Wildman–Crippen LogP) is 2.50. The number of rotatable bonds is 5. The molecular weight excluding hydrogens is 342 g/mol. The van der Waals surface area contributed by atoms with Crippen LogP contribution in [0.2, 0.25) is 0 Å². The van der Waals surface area contributed by atoms with Crippen molar-refractivity contribution in [3.63, 3.8) is 0 Å². The van der Waals surface area contributed by atoms with Gasteiger partial charge in [-0.25, -0.2) is 4.98 Å². The van der Waals surface area contributed by atoms with E-state index in [-0.39, 0.29) is 11.8 Å². The summed E-state index contributed by atoms with van der Waals surface area (Å²) >= 11 is 0. The topological polar surface area (TPSA) is 84.2 Å². The van der Waals surface area contributed by atoms with Crippen molar-refractivity contribution in [1.82, 2.24) is 20.3 Å². The van der Waals surface area contributed by atoms with Crippen molar-refractivity contribution in [2.45, 2.75) is 26.2 Å². The molecular formula is C20H23N5O2. The second kappa shape index (κ2) is 7.73. The quantitative estimate of drug-likeness (QED) is 0.748. The van der Waals surface area contributed by atoms with Crippen molar-refractivity contribution in [2.24, 2.45) is 5.92 Å². The molecule has 1 N–H and O–H groups in total. The maximum atomic E-state index is 12.4. The summed E-state index contributed by atoms with van der Waals surface area (Å²) in [6.45, 7) is 4.09. The lowest BCUT2D eigenvalue weighted by atomic mass is 9.96. The lowest BCUT2D eigenvalue weighted by Crippen LogP contribution is -2.41. The summed E-state index contributed by atoms with van der Waals surface area (Å²) < 4.78 is 5.82. The number of hydrogen-bond acceptors (Lipinski definition) is 6. The monoisotopic (exact) mass is 365 g/mol. The van der Waals surface area contributed by atoms with E-state index in [0.717, 1.165) is 43.6 Å². The van der Waals surface area contributed by atoms with Crippen LogP contribution in [0.5, 0.6) is 0 Å². The van der Waals surface area contributed by atoms with Crippen molar-refractivity contribution in [1.29, 1.82) is 0 Å². The fourth-order valence-electron chi connectivity index (χ4n) is 3.39. The van der Waals surface area contributed by atoms with Crippen LogP contribution in [0.1, 0.15) is 24.1 Å². The molecule has 3 aromatic heterocycles. The average molecular weight is 365 g/mol. The molecule has 3 aromatic rings. The molecule has 1 aliphatic heterocycles. The Morgan fingerprint density at radius 3 is 2.89 bits per heavy atom. The van der Waals surface area contributed by atoms with Crippen LogP contribution in [0.25, 0.3) is 11.2 Å². The number of carbonyl (C=O) groups is 1. The number of hydrogen-bond donors (Lipinski definition) is 1. The molecule has 4 rings (SSSR count). The number of piperidine rings is 1. The van der Waals surface area contributed by atoms with Gasteiger partial charge in [0.1, 0.15) is 0 Å². The number of anilines is 1. The highest BCUT2D eigenvalue weighted by atomic mass is 16.4. The molecule has 1 aliphatic rings. The lowest BCUT2D eigenvalue weighted by Gasteiger charge is -2.30. The summed E-state index contributed by atoms with van der Waals surface area (Å²) in [6, 6.07) is 8.35. The summed E-state index contributed by atoms with van der Waals surface area (Å²) in [5.74, 6) is 0.174. The molecule has 1 saturated heterocycles. The number of amides is 1. The standard InChI is InChI=1S/C20H23N5O2/c1-14-4-5-17-18(23-14)24-20(27-17)25-11-7-16(8-12-25)19(26)22-10-6-15-3-2-9-21-13-15/h2-5,9,13,16H,6-8,10-12H2,1H3,(H,22,26). The van der Waals surface area contributed by atoms with Crippen LogP contribution in [-0.2, 0) is 11.2 Å². The third-order valence-corrected chi connectivity index (χ3v) is 4.95. The van der Waals surface area contributed by atoms with Gasteiger partial charge in [-0.15, -0.1) is 0 Å². The van der Waals surface area contributed by atoms with E-state index in [2.05, 4.69) is 25.2 Å². The Morgan fingerprint density at radius 1 is 1.26 bits per heavy atom. The highest BCUT2D eigenvalue weighted by Gasteiger charge is 2.27. The average Bonchev–Trinajstić information content (AvgIpc) is 3.12. The van der Waals surface area contributed by atoms with Gasteiger partial charge in [0.15, 0.2) is 5.58 Å². The third kappa shape index (κ3) is 4.07. The highest BCUT2D eigenvalue weighted by Crippen LogP contribution is 2.26. The van der Waals surface area contributed by atoms with Gasteiger partial charge in [0.2, 0.25) is 11.6 Å². The summed E-state index contributed by atoms with van der Waals surface area (Å²) in [5.41, 5.74) is 3.39. The van der Waals surface area contributed by atoms with Gasteiger partial charge in [-0.05, 0) is 49.9 Å². The molecule has 0 unspecified atom stereocenters. The second-order valence-electron chi connectivity index (χ2n) is 6.93. The smallest absolute Gasteiger partial charge is 0.299 e. The molecule has 27 heavy (non-hydrogen) atoms. The van der Waals surface area contributed by atoms with Crippen LogP contribution in [0.15, 0.2) is 41.1 Å². The first-order valence-electron chi connectivity index (χ1n) is 9.35. The Bertz CT molecular complexity index is 917. The molecule has 0 saturated carbocycles. The number of pyridine rings is 2. The molecule has 140 valence electrons. The predicted molar refractivity (Wildman–Crippen MR) is 102 cm³/mol. The Kier molecular flexibility index (Phi) is 5.00. The minimum Gasteiger partial charge on any atom is -0.422 e. The van der Waals surface area contributed by atoms with Gasteiger partial charge in [0.05, 0.1) is 0 Å². The van der Waals surface area contributed by atoms with Gasteiger partial charge in [0.25, 0.3) is 6.01 Å². The Hall–Kier alpha value is -2.96. The molecule has 4 heterocycles. The number of carbonyl (C=O) groups excluding carboxylic acids is 1. The minimum absolute atomic E-state index is 0.0416. The number of aromatic nitrogens is 3. The molecule has 0 spiro atoms. The number of aryl methyl sites for hydroxylation is 1. The van der Waals surface area contributed by atoms with E-state index in [4.69, 9.17) is 4.42 Å². The van der Waals surface area contributed by atoms with Crippen molar-refractivity contribution >= 4 is 23.2 Å². The zero-order chi connectivity index (χ0) is 18.6. The van der Waals surface area contributed by atoms with Crippen LogP contribution in [0.4, 0.5) is 6.01 Å². The number of oxazole rings is 1. The first kappa shape index (κ1) is 17.5. The molecule has 7 nitrogen and oxygen atoms in total. The second-order valence-corrected chi connectivity index (χ2v) is 6.93. The molecule has 7 heteroatoms. The zero-order valence-electron chi connectivity index (χ0n) is 15.4. The van der Waals surface area contributed by atoms with E-state index < -0.39 is 0 Å². The lowest BCUT2D eigenvalue weighted by molar-refractivity contribution is -0.125. The van der Waals surface area contributed by atoms with E-state index in [9.17, 15) is 4.79 Å². The molecule has 0 aromatic carbocycles. The zero-order valence-corrected chi connectivity index (χ0v) is 15.4. The summed E-state index contributed by atoms with van der Waals surface area (Å²) in [4.78, 5) is 27.5. The summed E-state index contributed by atoms with van der Waals surface area (Å²) in [5, 5.41) is 3.05. The van der Waals surface area contributed by atoms with E-state index in [0.29, 0.717) is 23.8 Å². The van der Waals surface area contributed by atoms with Crippen LogP contribution in [0, 0.1) is 12.8 Å². The van der Waals surface area contributed by atoms with E-state index in [1.54, 1.807) is 6.20 Å².